The fourth-order valence-electron chi connectivity index (χ4n) is 3.09. The first kappa shape index (κ1) is 17.3. The fraction of sp³-hybridized carbons (Fsp3) is 0.471. The Labute approximate surface area is 144 Å². The Kier molecular flexibility index (Phi) is 5.18. The molecule has 0 amide bonds. The lowest BCUT2D eigenvalue weighted by molar-refractivity contribution is 0.121. The minimum Gasteiger partial charge on any atom is -0.497 e. The molecule has 2 unspecified atom stereocenters. The van der Waals surface area contributed by atoms with Crippen molar-refractivity contribution in [2.24, 2.45) is 5.73 Å². The number of aromatic nitrogens is 1. The van der Waals surface area contributed by atoms with Crippen LogP contribution in [0.3, 0.4) is 0 Å². The van der Waals surface area contributed by atoms with Crippen LogP contribution in [0.1, 0.15) is 12.0 Å². The number of likely N-dealkylation sites (tertiary alicyclic amines) is 1. The van der Waals surface area contributed by atoms with E-state index >= 15 is 0 Å². The number of hydrogen-bond acceptors (Lipinski definition) is 4. The number of piperidine rings is 1. The lowest BCUT2D eigenvalue weighted by Gasteiger charge is -2.32. The molecule has 0 aliphatic carbocycles. The van der Waals surface area contributed by atoms with Crippen molar-refractivity contribution in [1.29, 1.82) is 0 Å². The molecule has 1 aliphatic rings. The van der Waals surface area contributed by atoms with E-state index in [1.165, 1.54) is 19.4 Å². The van der Waals surface area contributed by atoms with E-state index in [-0.39, 0.29) is 11.6 Å². The summed E-state index contributed by atoms with van der Waals surface area (Å²) in [6, 6.07) is 2.65. The predicted molar refractivity (Wildman–Crippen MR) is 90.9 cm³/mol. The molecule has 0 saturated carbocycles. The van der Waals surface area contributed by atoms with E-state index in [1.54, 1.807) is 6.07 Å². The first-order valence-electron chi connectivity index (χ1n) is 7.92. The third-order valence-electron chi connectivity index (χ3n) is 4.55. The van der Waals surface area contributed by atoms with Crippen LogP contribution in [0.15, 0.2) is 18.3 Å². The van der Waals surface area contributed by atoms with Gasteiger partial charge in [-0.3, -0.25) is 9.88 Å². The lowest BCUT2D eigenvalue weighted by atomic mass is 10.0. The van der Waals surface area contributed by atoms with Crippen molar-refractivity contribution < 1.29 is 13.5 Å². The Morgan fingerprint density at radius 1 is 1.46 bits per heavy atom. The van der Waals surface area contributed by atoms with Gasteiger partial charge in [-0.2, -0.15) is 0 Å². The van der Waals surface area contributed by atoms with Crippen molar-refractivity contribution in [1.82, 2.24) is 9.88 Å². The van der Waals surface area contributed by atoms with E-state index in [2.05, 4.69) is 4.98 Å². The van der Waals surface area contributed by atoms with Crippen molar-refractivity contribution in [3.8, 4) is 5.75 Å². The van der Waals surface area contributed by atoms with Gasteiger partial charge >= 0.3 is 0 Å². The first-order valence-corrected chi connectivity index (χ1v) is 8.30. The maximum atomic E-state index is 14.2. The number of nitrogens with zero attached hydrogens (tertiary/aromatic N) is 2. The molecule has 3 rings (SSSR count). The zero-order chi connectivity index (χ0) is 17.3. The Balaban J connectivity index is 1.86. The molecule has 1 aliphatic heterocycles. The summed E-state index contributed by atoms with van der Waals surface area (Å²) in [4.78, 5) is 6.10. The maximum Gasteiger partial charge on any atom is 0.153 e. The minimum atomic E-state index is -1.01. The van der Waals surface area contributed by atoms with E-state index in [0.717, 1.165) is 12.1 Å². The summed E-state index contributed by atoms with van der Waals surface area (Å²) >= 11 is 6.28. The molecule has 2 heterocycles. The quantitative estimate of drug-likeness (QED) is 0.916. The van der Waals surface area contributed by atoms with Crippen LogP contribution in [-0.4, -0.2) is 48.8 Å². The van der Waals surface area contributed by atoms with Gasteiger partial charge in [0.2, 0.25) is 0 Å². The van der Waals surface area contributed by atoms with Gasteiger partial charge in [-0.05, 0) is 31.0 Å². The second-order valence-electron chi connectivity index (χ2n) is 6.11. The molecule has 7 heteroatoms. The van der Waals surface area contributed by atoms with Gasteiger partial charge in [0.25, 0.3) is 0 Å². The van der Waals surface area contributed by atoms with Crippen LogP contribution in [-0.2, 0) is 6.42 Å². The van der Waals surface area contributed by atoms with E-state index in [1.807, 2.05) is 4.90 Å². The monoisotopic (exact) mass is 355 g/mol. The average Bonchev–Trinajstić information content (AvgIpc) is 2.56. The van der Waals surface area contributed by atoms with Gasteiger partial charge in [0.1, 0.15) is 17.4 Å². The molecule has 0 bridgehead atoms. The number of nitrogens with two attached hydrogens (primary N) is 1. The zero-order valence-corrected chi connectivity index (χ0v) is 14.2. The Morgan fingerprint density at radius 2 is 2.25 bits per heavy atom. The number of pyridine rings is 1. The minimum absolute atomic E-state index is 0.263. The number of benzene rings is 1. The Bertz CT molecular complexity index is 743. The van der Waals surface area contributed by atoms with Crippen molar-refractivity contribution in [3.63, 3.8) is 0 Å². The van der Waals surface area contributed by atoms with Gasteiger partial charge in [0, 0.05) is 36.8 Å². The van der Waals surface area contributed by atoms with E-state index in [0.29, 0.717) is 42.1 Å². The normalized spacial score (nSPS) is 22.0. The van der Waals surface area contributed by atoms with Crippen LogP contribution in [0.4, 0.5) is 8.78 Å². The fourth-order valence-corrected chi connectivity index (χ4v) is 3.34. The number of hydrogen-bond donors (Lipinski definition) is 1. The van der Waals surface area contributed by atoms with Gasteiger partial charge in [-0.25, -0.2) is 8.78 Å². The molecule has 2 N–H and O–H groups in total. The lowest BCUT2D eigenvalue weighted by Crippen LogP contribution is -2.48. The molecule has 1 saturated heterocycles. The predicted octanol–water partition coefficient (Wildman–Crippen LogP) is 2.95. The van der Waals surface area contributed by atoms with Crippen LogP contribution < -0.4 is 10.5 Å². The number of halogens is 3. The molecule has 24 heavy (non-hydrogen) atoms. The SMILES string of the molecule is COc1cc(F)c2ncc(Cl)c(CCN3CCC(N)C(F)C3)c2c1. The third kappa shape index (κ3) is 3.45. The van der Waals surface area contributed by atoms with Crippen LogP contribution in [0.25, 0.3) is 10.9 Å². The standard InChI is InChI=1S/C17H20ClF2N3O/c1-24-10-6-12-11(13(18)8-22-17(12)14(19)7-10)2-4-23-5-3-16(21)15(20)9-23/h6-8,15-16H,2-5,9,21H2,1H3. The molecule has 1 fully saturated rings. The second-order valence-corrected chi connectivity index (χ2v) is 6.52. The number of fused-ring (bicyclic) bond motifs is 1. The van der Waals surface area contributed by atoms with Crippen LogP contribution >= 0.6 is 11.6 Å². The highest BCUT2D eigenvalue weighted by molar-refractivity contribution is 6.32. The maximum absolute atomic E-state index is 14.2. The van der Waals surface area contributed by atoms with Gasteiger partial charge in [-0.15, -0.1) is 0 Å². The highest BCUT2D eigenvalue weighted by Gasteiger charge is 2.26. The molecule has 0 radical (unpaired) electrons. The highest BCUT2D eigenvalue weighted by atomic mass is 35.5. The molecule has 130 valence electrons. The van der Waals surface area contributed by atoms with Crippen molar-refractivity contribution in [3.05, 3.63) is 34.7 Å². The van der Waals surface area contributed by atoms with Crippen molar-refractivity contribution in [2.75, 3.05) is 26.7 Å². The molecule has 0 spiro atoms. The molecule has 1 aromatic heterocycles. The van der Waals surface area contributed by atoms with Gasteiger partial charge in [-0.1, -0.05) is 11.6 Å². The number of alkyl halides is 1. The molecule has 2 aromatic rings. The third-order valence-corrected chi connectivity index (χ3v) is 4.87. The Morgan fingerprint density at radius 3 is 2.96 bits per heavy atom. The summed E-state index contributed by atoms with van der Waals surface area (Å²) in [6.45, 7) is 1.70. The van der Waals surface area contributed by atoms with Gasteiger partial charge < -0.3 is 10.5 Å². The summed E-state index contributed by atoms with van der Waals surface area (Å²) in [5.74, 6) is -0.0341. The Hall–Kier alpha value is -1.50. The van der Waals surface area contributed by atoms with Gasteiger partial charge in [0.05, 0.1) is 12.1 Å². The largest absolute Gasteiger partial charge is 0.497 e. The molecular weight excluding hydrogens is 336 g/mol. The summed E-state index contributed by atoms with van der Waals surface area (Å²) in [7, 11) is 1.48. The first-order chi connectivity index (χ1) is 11.5. The van der Waals surface area contributed by atoms with Crippen molar-refractivity contribution >= 4 is 22.5 Å². The smallest absolute Gasteiger partial charge is 0.153 e. The van der Waals surface area contributed by atoms with Crippen LogP contribution in [0, 0.1) is 5.82 Å². The molecule has 1 aromatic carbocycles. The number of ether oxygens (including phenoxy) is 1. The van der Waals surface area contributed by atoms with Crippen LogP contribution in [0.5, 0.6) is 5.75 Å². The van der Waals surface area contributed by atoms with E-state index < -0.39 is 12.0 Å². The van der Waals surface area contributed by atoms with E-state index in [9.17, 15) is 8.78 Å². The summed E-state index contributed by atoms with van der Waals surface area (Å²) in [5, 5.41) is 1.10. The zero-order valence-electron chi connectivity index (χ0n) is 13.4. The van der Waals surface area contributed by atoms with Crippen LogP contribution in [0.2, 0.25) is 5.02 Å². The summed E-state index contributed by atoms with van der Waals surface area (Å²) < 4.78 is 33.1. The molecular formula is C17H20ClF2N3O. The summed E-state index contributed by atoms with van der Waals surface area (Å²) in [5.41, 5.74) is 6.77. The molecule has 2 atom stereocenters. The summed E-state index contributed by atoms with van der Waals surface area (Å²) in [6.07, 6.45) is 1.65. The average molecular weight is 356 g/mol. The topological polar surface area (TPSA) is 51.4 Å². The number of rotatable bonds is 4. The van der Waals surface area contributed by atoms with Crippen molar-refractivity contribution in [2.45, 2.75) is 25.1 Å². The van der Waals surface area contributed by atoms with Gasteiger partial charge in [0.15, 0.2) is 5.82 Å². The number of methoxy groups -OCH3 is 1. The molecule has 4 nitrogen and oxygen atoms in total. The van der Waals surface area contributed by atoms with E-state index in [4.69, 9.17) is 22.1 Å². The highest BCUT2D eigenvalue weighted by Crippen LogP contribution is 2.30. The second kappa shape index (κ2) is 7.17.